The lowest BCUT2D eigenvalue weighted by Crippen LogP contribution is -2.51. The van der Waals surface area contributed by atoms with E-state index < -0.39 is 12.1 Å². The van der Waals surface area contributed by atoms with Crippen LogP contribution in [0.1, 0.15) is 5.76 Å². The third kappa shape index (κ3) is 2.98. The topological polar surface area (TPSA) is 105 Å². The van der Waals surface area contributed by atoms with Gasteiger partial charge in [0.25, 0.3) is 0 Å². The Morgan fingerprint density at radius 3 is 3.11 bits per heavy atom. The van der Waals surface area contributed by atoms with Crippen molar-refractivity contribution in [3.63, 3.8) is 0 Å². The number of carboxylic acid groups (broad SMARTS) is 1. The van der Waals surface area contributed by atoms with E-state index in [2.05, 4.69) is 10.5 Å². The number of nitrogens with zero attached hydrogens (tertiary/aromatic N) is 2. The molecule has 1 aliphatic rings. The van der Waals surface area contributed by atoms with Crippen LogP contribution >= 0.6 is 0 Å². The smallest absolute Gasteiger partial charge is 0.334 e. The van der Waals surface area contributed by atoms with Crippen molar-refractivity contribution in [3.8, 4) is 0 Å². The maximum absolute atomic E-state index is 11.8. The molecule has 1 saturated heterocycles. The number of carbonyl (C=O) groups excluding carboxylic acids is 1. The fourth-order valence-electron chi connectivity index (χ4n) is 1.59. The number of ether oxygens (including phenoxy) is 1. The number of carbonyl (C=O) groups is 2. The number of urea groups is 1. The summed E-state index contributed by atoms with van der Waals surface area (Å²) in [4.78, 5) is 23.9. The zero-order chi connectivity index (χ0) is 13.0. The van der Waals surface area contributed by atoms with E-state index in [-0.39, 0.29) is 25.7 Å². The molecule has 2 heterocycles. The van der Waals surface area contributed by atoms with Crippen molar-refractivity contribution in [2.45, 2.75) is 12.6 Å². The number of aliphatic carboxylic acids is 1. The first kappa shape index (κ1) is 12.4. The molecule has 1 aliphatic heterocycles. The van der Waals surface area contributed by atoms with Crippen LogP contribution in [0.3, 0.4) is 0 Å². The molecule has 1 fully saturated rings. The van der Waals surface area contributed by atoms with E-state index in [1.54, 1.807) is 6.07 Å². The van der Waals surface area contributed by atoms with Crippen LogP contribution in [0.2, 0.25) is 0 Å². The number of morpholine rings is 1. The van der Waals surface area contributed by atoms with Crippen molar-refractivity contribution in [1.82, 2.24) is 15.4 Å². The summed E-state index contributed by atoms with van der Waals surface area (Å²) in [6, 6.07) is 1.29. The van der Waals surface area contributed by atoms with Crippen molar-refractivity contribution >= 4 is 12.0 Å². The summed E-state index contributed by atoms with van der Waals surface area (Å²) in [6.07, 6.45) is 0.520. The van der Waals surface area contributed by atoms with Crippen molar-refractivity contribution in [2.24, 2.45) is 0 Å². The molecule has 1 unspecified atom stereocenters. The highest BCUT2D eigenvalue weighted by Gasteiger charge is 2.28. The van der Waals surface area contributed by atoms with Crippen molar-refractivity contribution < 1.29 is 24.0 Å². The number of aromatic nitrogens is 1. The van der Waals surface area contributed by atoms with Crippen LogP contribution in [0.5, 0.6) is 0 Å². The van der Waals surface area contributed by atoms with Gasteiger partial charge in [-0.2, -0.15) is 0 Å². The molecule has 8 nitrogen and oxygen atoms in total. The standard InChI is InChI=1S/C10H13N3O5/c14-9(15)8-6-13(3-4-17-8)10(16)11-5-7-1-2-12-18-7/h1-2,8H,3-6H2,(H,11,16)(H,14,15). The molecule has 2 rings (SSSR count). The lowest BCUT2D eigenvalue weighted by molar-refractivity contribution is -0.154. The number of amides is 2. The molecule has 0 radical (unpaired) electrons. The maximum Gasteiger partial charge on any atom is 0.334 e. The summed E-state index contributed by atoms with van der Waals surface area (Å²) in [5.41, 5.74) is 0. The highest BCUT2D eigenvalue weighted by molar-refractivity contribution is 5.77. The van der Waals surface area contributed by atoms with Gasteiger partial charge in [0, 0.05) is 12.6 Å². The third-order valence-corrected chi connectivity index (χ3v) is 2.53. The SMILES string of the molecule is O=C(O)C1CN(C(=O)NCc2ccno2)CCO1. The average molecular weight is 255 g/mol. The summed E-state index contributed by atoms with van der Waals surface area (Å²) < 4.78 is 9.85. The predicted octanol–water partition coefficient (Wildman–Crippen LogP) is -0.330. The molecule has 0 aromatic carbocycles. The lowest BCUT2D eigenvalue weighted by Gasteiger charge is -2.30. The molecule has 98 valence electrons. The van der Waals surface area contributed by atoms with Gasteiger partial charge >= 0.3 is 12.0 Å². The van der Waals surface area contributed by atoms with Gasteiger partial charge in [-0.25, -0.2) is 9.59 Å². The largest absolute Gasteiger partial charge is 0.479 e. The third-order valence-electron chi connectivity index (χ3n) is 2.53. The summed E-state index contributed by atoms with van der Waals surface area (Å²) >= 11 is 0. The van der Waals surface area contributed by atoms with E-state index in [4.69, 9.17) is 14.4 Å². The number of rotatable bonds is 3. The van der Waals surface area contributed by atoms with Gasteiger partial charge in [0.05, 0.1) is 25.9 Å². The Bertz CT molecular complexity index is 419. The van der Waals surface area contributed by atoms with E-state index in [1.165, 1.54) is 11.1 Å². The summed E-state index contributed by atoms with van der Waals surface area (Å²) in [5, 5.41) is 14.9. The minimum atomic E-state index is -1.07. The van der Waals surface area contributed by atoms with E-state index in [0.717, 1.165) is 0 Å². The van der Waals surface area contributed by atoms with E-state index in [0.29, 0.717) is 12.3 Å². The van der Waals surface area contributed by atoms with Crippen LogP contribution in [-0.2, 0) is 16.1 Å². The van der Waals surface area contributed by atoms with Crippen LogP contribution in [0.15, 0.2) is 16.8 Å². The van der Waals surface area contributed by atoms with Crippen molar-refractivity contribution in [1.29, 1.82) is 0 Å². The molecular weight excluding hydrogens is 242 g/mol. The van der Waals surface area contributed by atoms with Gasteiger partial charge in [-0.15, -0.1) is 0 Å². The van der Waals surface area contributed by atoms with Gasteiger partial charge in [0.2, 0.25) is 0 Å². The molecule has 2 amide bonds. The summed E-state index contributed by atoms with van der Waals surface area (Å²) in [5.74, 6) is -0.533. The molecule has 0 spiro atoms. The second-order valence-corrected chi connectivity index (χ2v) is 3.78. The highest BCUT2D eigenvalue weighted by Crippen LogP contribution is 2.06. The van der Waals surface area contributed by atoms with E-state index in [9.17, 15) is 9.59 Å². The number of hydrogen-bond donors (Lipinski definition) is 2. The average Bonchev–Trinajstić information content (AvgIpc) is 2.89. The van der Waals surface area contributed by atoms with Crippen molar-refractivity contribution in [2.75, 3.05) is 19.7 Å². The summed E-state index contributed by atoms with van der Waals surface area (Å²) in [6.45, 7) is 0.838. The highest BCUT2D eigenvalue weighted by atomic mass is 16.5. The molecular formula is C10H13N3O5. The normalized spacial score (nSPS) is 19.6. The van der Waals surface area contributed by atoms with Crippen LogP contribution in [0, 0.1) is 0 Å². The predicted molar refractivity (Wildman–Crippen MR) is 57.7 cm³/mol. The van der Waals surface area contributed by atoms with Gasteiger partial charge < -0.3 is 24.6 Å². The van der Waals surface area contributed by atoms with Crippen molar-refractivity contribution in [3.05, 3.63) is 18.0 Å². The van der Waals surface area contributed by atoms with Gasteiger partial charge in [0.15, 0.2) is 11.9 Å². The maximum atomic E-state index is 11.8. The molecule has 0 aliphatic carbocycles. The fourth-order valence-corrected chi connectivity index (χ4v) is 1.59. The second-order valence-electron chi connectivity index (χ2n) is 3.78. The van der Waals surface area contributed by atoms with Gasteiger partial charge in [-0.1, -0.05) is 5.16 Å². The second kappa shape index (κ2) is 5.50. The number of nitrogens with one attached hydrogen (secondary N) is 1. The van der Waals surface area contributed by atoms with E-state index >= 15 is 0 Å². The Balaban J connectivity index is 1.83. The van der Waals surface area contributed by atoms with Gasteiger partial charge in [-0.3, -0.25) is 0 Å². The minimum Gasteiger partial charge on any atom is -0.479 e. The van der Waals surface area contributed by atoms with Crippen LogP contribution in [-0.4, -0.2) is 53.0 Å². The Labute approximate surface area is 102 Å². The first-order valence-electron chi connectivity index (χ1n) is 5.43. The summed E-state index contributed by atoms with van der Waals surface area (Å²) in [7, 11) is 0. The Kier molecular flexibility index (Phi) is 3.78. The molecule has 1 aromatic heterocycles. The molecule has 2 N–H and O–H groups in total. The molecule has 1 atom stereocenters. The van der Waals surface area contributed by atoms with Gasteiger partial charge in [-0.05, 0) is 0 Å². The monoisotopic (exact) mass is 255 g/mol. The van der Waals surface area contributed by atoms with E-state index in [1.807, 2.05) is 0 Å². The fraction of sp³-hybridized carbons (Fsp3) is 0.500. The first-order chi connectivity index (χ1) is 8.66. The Hall–Kier alpha value is -2.09. The first-order valence-corrected chi connectivity index (χ1v) is 5.43. The minimum absolute atomic E-state index is 0.0393. The van der Waals surface area contributed by atoms with Crippen LogP contribution < -0.4 is 5.32 Å². The Morgan fingerprint density at radius 1 is 1.61 bits per heavy atom. The van der Waals surface area contributed by atoms with Crippen LogP contribution in [0.25, 0.3) is 0 Å². The van der Waals surface area contributed by atoms with Gasteiger partial charge in [0.1, 0.15) is 0 Å². The zero-order valence-electron chi connectivity index (χ0n) is 9.54. The molecule has 0 bridgehead atoms. The lowest BCUT2D eigenvalue weighted by atomic mass is 10.3. The molecule has 1 aromatic rings. The molecule has 0 saturated carbocycles. The number of hydrogen-bond acceptors (Lipinski definition) is 5. The zero-order valence-corrected chi connectivity index (χ0v) is 9.54. The number of carboxylic acids is 1. The molecule has 18 heavy (non-hydrogen) atoms. The molecule has 8 heteroatoms. The quantitative estimate of drug-likeness (QED) is 0.766. The van der Waals surface area contributed by atoms with Crippen LogP contribution in [0.4, 0.5) is 4.79 Å². The Morgan fingerprint density at radius 2 is 2.44 bits per heavy atom.